The Morgan fingerprint density at radius 3 is 2.81 bits per heavy atom. The van der Waals surface area contributed by atoms with Gasteiger partial charge in [0, 0.05) is 19.1 Å². The summed E-state index contributed by atoms with van der Waals surface area (Å²) >= 11 is 0. The smallest absolute Gasteiger partial charge is 0.151 e. The number of nitrogens with one attached hydrogen (secondary N) is 1. The van der Waals surface area contributed by atoms with Crippen molar-refractivity contribution in [2.75, 3.05) is 24.5 Å². The minimum absolute atomic E-state index is 0.680. The lowest BCUT2D eigenvalue weighted by Crippen LogP contribution is -2.42. The first-order valence-corrected chi connectivity index (χ1v) is 6.07. The van der Waals surface area contributed by atoms with Gasteiger partial charge in [-0.2, -0.15) is 5.10 Å². The van der Waals surface area contributed by atoms with Crippen molar-refractivity contribution in [3.8, 4) is 0 Å². The number of aromatic nitrogens is 2. The van der Waals surface area contributed by atoms with E-state index in [0.717, 1.165) is 25.5 Å². The summed E-state index contributed by atoms with van der Waals surface area (Å²) < 4.78 is 0. The summed E-state index contributed by atoms with van der Waals surface area (Å²) in [7, 11) is 0. The van der Waals surface area contributed by atoms with Gasteiger partial charge in [0.1, 0.15) is 0 Å². The Morgan fingerprint density at radius 1 is 1.44 bits per heavy atom. The van der Waals surface area contributed by atoms with Gasteiger partial charge in [0.15, 0.2) is 5.82 Å². The molecular formula is C12H20N4. The molecule has 1 aliphatic rings. The summed E-state index contributed by atoms with van der Waals surface area (Å²) in [5.74, 6) is 1.02. The van der Waals surface area contributed by atoms with Crippen molar-refractivity contribution in [3.63, 3.8) is 0 Å². The van der Waals surface area contributed by atoms with E-state index < -0.39 is 0 Å². The molecule has 1 aromatic heterocycles. The van der Waals surface area contributed by atoms with E-state index in [9.17, 15) is 0 Å². The minimum atomic E-state index is 0.680. The fourth-order valence-corrected chi connectivity index (χ4v) is 2.20. The molecular weight excluding hydrogens is 200 g/mol. The van der Waals surface area contributed by atoms with Crippen LogP contribution in [0.15, 0.2) is 12.3 Å². The van der Waals surface area contributed by atoms with Crippen LogP contribution in [-0.4, -0.2) is 35.9 Å². The van der Waals surface area contributed by atoms with Crippen LogP contribution in [0.1, 0.15) is 25.3 Å². The summed E-state index contributed by atoms with van der Waals surface area (Å²) in [6.07, 6.45) is 4.20. The zero-order chi connectivity index (χ0) is 11.4. The molecule has 16 heavy (non-hydrogen) atoms. The Hall–Kier alpha value is -1.16. The third-order valence-corrected chi connectivity index (χ3v) is 3.09. The van der Waals surface area contributed by atoms with Crippen molar-refractivity contribution in [2.45, 2.75) is 32.7 Å². The average molecular weight is 220 g/mol. The SMILES string of the molecule is CCNC1CCN(c2cc(C)cnn2)CC1. The largest absolute Gasteiger partial charge is 0.355 e. The van der Waals surface area contributed by atoms with Gasteiger partial charge in [-0.15, -0.1) is 5.10 Å². The molecule has 1 N–H and O–H groups in total. The van der Waals surface area contributed by atoms with E-state index in [-0.39, 0.29) is 0 Å². The fraction of sp³-hybridized carbons (Fsp3) is 0.667. The minimum Gasteiger partial charge on any atom is -0.355 e. The number of anilines is 1. The van der Waals surface area contributed by atoms with Crippen molar-refractivity contribution < 1.29 is 0 Å². The highest BCUT2D eigenvalue weighted by molar-refractivity contribution is 5.39. The van der Waals surface area contributed by atoms with Gasteiger partial charge >= 0.3 is 0 Å². The topological polar surface area (TPSA) is 41.0 Å². The molecule has 1 fully saturated rings. The normalized spacial score (nSPS) is 17.8. The molecule has 2 rings (SSSR count). The maximum absolute atomic E-state index is 4.19. The van der Waals surface area contributed by atoms with E-state index in [2.05, 4.69) is 40.3 Å². The Balaban J connectivity index is 1.94. The van der Waals surface area contributed by atoms with Crippen LogP contribution in [0.25, 0.3) is 0 Å². The van der Waals surface area contributed by atoms with Crippen LogP contribution in [0.4, 0.5) is 5.82 Å². The lowest BCUT2D eigenvalue weighted by atomic mass is 10.1. The molecule has 4 heteroatoms. The second-order valence-electron chi connectivity index (χ2n) is 4.41. The van der Waals surface area contributed by atoms with Crippen molar-refractivity contribution in [1.82, 2.24) is 15.5 Å². The Kier molecular flexibility index (Phi) is 3.72. The van der Waals surface area contributed by atoms with Crippen molar-refractivity contribution in [1.29, 1.82) is 0 Å². The molecule has 88 valence electrons. The number of aryl methyl sites for hydroxylation is 1. The zero-order valence-corrected chi connectivity index (χ0v) is 10.1. The molecule has 0 aromatic carbocycles. The van der Waals surface area contributed by atoms with Crippen LogP contribution in [-0.2, 0) is 0 Å². The van der Waals surface area contributed by atoms with Gasteiger partial charge in [-0.1, -0.05) is 6.92 Å². The first-order chi connectivity index (χ1) is 7.79. The summed E-state index contributed by atoms with van der Waals surface area (Å²) in [6.45, 7) is 7.45. The quantitative estimate of drug-likeness (QED) is 0.835. The molecule has 2 heterocycles. The molecule has 0 spiro atoms. The summed E-state index contributed by atoms with van der Waals surface area (Å²) in [5, 5.41) is 11.7. The third-order valence-electron chi connectivity index (χ3n) is 3.09. The molecule has 0 saturated carbocycles. The molecule has 0 radical (unpaired) electrons. The molecule has 0 bridgehead atoms. The number of rotatable bonds is 3. The number of hydrogen-bond acceptors (Lipinski definition) is 4. The van der Waals surface area contributed by atoms with Crippen molar-refractivity contribution in [3.05, 3.63) is 17.8 Å². The van der Waals surface area contributed by atoms with Gasteiger partial charge in [0.05, 0.1) is 6.20 Å². The lowest BCUT2D eigenvalue weighted by molar-refractivity contribution is 0.422. The zero-order valence-electron chi connectivity index (χ0n) is 10.1. The summed E-state index contributed by atoms with van der Waals surface area (Å²) in [5.41, 5.74) is 1.18. The maximum Gasteiger partial charge on any atom is 0.151 e. The van der Waals surface area contributed by atoms with Crippen LogP contribution in [0.3, 0.4) is 0 Å². The first kappa shape index (κ1) is 11.3. The second-order valence-corrected chi connectivity index (χ2v) is 4.41. The molecule has 0 unspecified atom stereocenters. The van der Waals surface area contributed by atoms with Crippen LogP contribution >= 0.6 is 0 Å². The predicted octanol–water partition coefficient (Wildman–Crippen LogP) is 1.36. The molecule has 1 aliphatic heterocycles. The van der Waals surface area contributed by atoms with Gasteiger partial charge in [0.25, 0.3) is 0 Å². The van der Waals surface area contributed by atoms with Crippen LogP contribution in [0, 0.1) is 6.92 Å². The highest BCUT2D eigenvalue weighted by Gasteiger charge is 2.19. The Labute approximate surface area is 97.1 Å². The standard InChI is InChI=1S/C12H20N4/c1-3-13-11-4-6-16(7-5-11)12-8-10(2)9-14-15-12/h8-9,11,13H,3-7H2,1-2H3. The van der Waals surface area contributed by atoms with Crippen LogP contribution in [0.2, 0.25) is 0 Å². The van der Waals surface area contributed by atoms with Gasteiger partial charge in [0.2, 0.25) is 0 Å². The third kappa shape index (κ3) is 2.70. The number of hydrogen-bond donors (Lipinski definition) is 1. The van der Waals surface area contributed by atoms with Gasteiger partial charge < -0.3 is 10.2 Å². The van der Waals surface area contributed by atoms with E-state index in [0.29, 0.717) is 6.04 Å². The Bertz CT molecular complexity index is 332. The van der Waals surface area contributed by atoms with Gasteiger partial charge in [-0.3, -0.25) is 0 Å². The number of piperidine rings is 1. The molecule has 0 aliphatic carbocycles. The molecule has 1 saturated heterocycles. The monoisotopic (exact) mass is 220 g/mol. The molecule has 0 atom stereocenters. The molecule has 0 amide bonds. The van der Waals surface area contributed by atoms with E-state index in [1.165, 1.54) is 18.4 Å². The van der Waals surface area contributed by atoms with Crippen LogP contribution < -0.4 is 10.2 Å². The van der Waals surface area contributed by atoms with Gasteiger partial charge in [-0.05, 0) is 37.9 Å². The van der Waals surface area contributed by atoms with Crippen LogP contribution in [0.5, 0.6) is 0 Å². The first-order valence-electron chi connectivity index (χ1n) is 6.07. The highest BCUT2D eigenvalue weighted by atomic mass is 15.3. The van der Waals surface area contributed by atoms with Crippen molar-refractivity contribution >= 4 is 5.82 Å². The maximum atomic E-state index is 4.19. The average Bonchev–Trinajstić information content (AvgIpc) is 2.30. The lowest BCUT2D eigenvalue weighted by Gasteiger charge is -2.32. The molecule has 1 aromatic rings. The second kappa shape index (κ2) is 5.25. The Morgan fingerprint density at radius 2 is 2.19 bits per heavy atom. The summed E-state index contributed by atoms with van der Waals surface area (Å²) in [6, 6.07) is 2.79. The van der Waals surface area contributed by atoms with Crippen molar-refractivity contribution in [2.24, 2.45) is 0 Å². The van der Waals surface area contributed by atoms with E-state index in [4.69, 9.17) is 0 Å². The number of nitrogens with zero attached hydrogens (tertiary/aromatic N) is 3. The van der Waals surface area contributed by atoms with E-state index in [1.54, 1.807) is 6.20 Å². The van der Waals surface area contributed by atoms with E-state index >= 15 is 0 Å². The molecule has 4 nitrogen and oxygen atoms in total. The fourth-order valence-electron chi connectivity index (χ4n) is 2.20. The van der Waals surface area contributed by atoms with Gasteiger partial charge in [-0.25, -0.2) is 0 Å². The predicted molar refractivity (Wildman–Crippen MR) is 65.7 cm³/mol. The van der Waals surface area contributed by atoms with E-state index in [1.807, 2.05) is 0 Å². The highest BCUT2D eigenvalue weighted by Crippen LogP contribution is 2.17. The summed E-state index contributed by atoms with van der Waals surface area (Å²) in [4.78, 5) is 2.33.